The molecule has 10 nitrogen and oxygen atoms in total. The predicted octanol–water partition coefficient (Wildman–Crippen LogP) is 2.36. The van der Waals surface area contributed by atoms with E-state index in [-0.39, 0.29) is 11.8 Å². The van der Waals surface area contributed by atoms with Crippen LogP contribution in [0.4, 0.5) is 10.7 Å². The summed E-state index contributed by atoms with van der Waals surface area (Å²) in [4.78, 5) is 38.6. The van der Waals surface area contributed by atoms with Crippen molar-refractivity contribution in [3.8, 4) is 0 Å². The van der Waals surface area contributed by atoms with Crippen LogP contribution >= 0.6 is 0 Å². The lowest BCUT2D eigenvalue weighted by atomic mass is 9.81. The molecule has 0 unspecified atom stereocenters. The molecule has 36 heavy (non-hydrogen) atoms. The maximum atomic E-state index is 13.3. The first-order valence-electron chi connectivity index (χ1n) is 12.8. The molecule has 2 saturated heterocycles. The van der Waals surface area contributed by atoms with Crippen LogP contribution in [0.1, 0.15) is 68.7 Å². The van der Waals surface area contributed by atoms with Gasteiger partial charge in [0.05, 0.1) is 11.2 Å². The average Bonchev–Trinajstić information content (AvgIpc) is 2.91. The van der Waals surface area contributed by atoms with Crippen molar-refractivity contribution in [2.75, 3.05) is 31.1 Å². The number of hydrogen-bond acceptors (Lipinski definition) is 8. The van der Waals surface area contributed by atoms with Gasteiger partial charge in [-0.15, -0.1) is 0 Å². The van der Waals surface area contributed by atoms with Gasteiger partial charge in [0.2, 0.25) is 11.9 Å². The zero-order valence-corrected chi connectivity index (χ0v) is 23.3. The molecule has 1 N–H and O–H groups in total. The van der Waals surface area contributed by atoms with E-state index in [0.29, 0.717) is 25.6 Å². The van der Waals surface area contributed by atoms with Gasteiger partial charge in [-0.05, 0) is 60.8 Å². The summed E-state index contributed by atoms with van der Waals surface area (Å²) < 4.78 is 17.5. The van der Waals surface area contributed by atoms with Crippen LogP contribution in [0, 0.1) is 5.92 Å². The Balaban J connectivity index is 1.61. The number of nitrogens with one attached hydrogen (secondary N) is 1. The van der Waals surface area contributed by atoms with E-state index in [4.69, 9.17) is 14.0 Å². The number of rotatable bonds is 5. The molecular weight excluding hydrogens is 461 g/mol. The number of alkyl carbamates (subject to hydrolysis) is 1. The Kier molecular flexibility index (Phi) is 8.25. The van der Waals surface area contributed by atoms with Gasteiger partial charge in [-0.1, -0.05) is 13.8 Å². The van der Waals surface area contributed by atoms with Crippen molar-refractivity contribution >= 4 is 30.5 Å². The van der Waals surface area contributed by atoms with E-state index >= 15 is 0 Å². The number of nitrogens with zero attached hydrogens (tertiary/aromatic N) is 4. The first-order chi connectivity index (χ1) is 16.6. The van der Waals surface area contributed by atoms with Crippen molar-refractivity contribution < 1.29 is 23.6 Å². The maximum absolute atomic E-state index is 13.3. The fourth-order valence-corrected chi connectivity index (χ4v) is 4.08. The molecule has 0 saturated carbocycles. The second-order valence-electron chi connectivity index (χ2n) is 11.9. The van der Waals surface area contributed by atoms with Gasteiger partial charge in [0.15, 0.2) is 0 Å². The third-order valence-corrected chi connectivity index (χ3v) is 6.88. The molecule has 0 radical (unpaired) electrons. The first-order valence-corrected chi connectivity index (χ1v) is 12.8. The van der Waals surface area contributed by atoms with Gasteiger partial charge in [0.1, 0.15) is 11.6 Å². The average molecular weight is 503 g/mol. The largest absolute Gasteiger partial charge is 0.498 e. The van der Waals surface area contributed by atoms with Crippen LogP contribution in [0.5, 0.6) is 0 Å². The summed E-state index contributed by atoms with van der Waals surface area (Å²) in [6.45, 7) is 19.7. The van der Waals surface area contributed by atoms with Gasteiger partial charge in [0, 0.05) is 44.0 Å². The van der Waals surface area contributed by atoms with Crippen LogP contribution in [0.25, 0.3) is 0 Å². The Hall–Kier alpha value is -2.40. The molecule has 0 aromatic carbocycles. The Labute approximate surface area is 215 Å². The highest BCUT2D eigenvalue weighted by Crippen LogP contribution is 2.36. The summed E-state index contributed by atoms with van der Waals surface area (Å²) in [7, 11) is -0.508. The van der Waals surface area contributed by atoms with Gasteiger partial charge in [0.25, 0.3) is 0 Å². The summed E-state index contributed by atoms with van der Waals surface area (Å²) in [6, 6.07) is -0.651. The smallest absolute Gasteiger partial charge is 0.444 e. The highest BCUT2D eigenvalue weighted by Gasteiger charge is 2.52. The molecule has 3 rings (SSSR count). The standard InChI is InChI=1S/C25H42BN5O5/c1-17(2)19(29-22(33)34-23(3,4)5)20(32)30-11-10-12-31(14-13-30)21-27-15-18(16-28-21)26-35-24(6,7)25(8,9)36-26/h15-17,19H,10-14H2,1-9H3,(H,29,33)/t19-/m0/s1. The predicted molar refractivity (Wildman–Crippen MR) is 139 cm³/mol. The van der Waals surface area contributed by atoms with E-state index in [0.717, 1.165) is 18.4 Å². The lowest BCUT2D eigenvalue weighted by Gasteiger charge is -2.32. The second-order valence-corrected chi connectivity index (χ2v) is 11.9. The zero-order valence-electron chi connectivity index (χ0n) is 23.3. The molecule has 200 valence electrons. The molecular formula is C25H42BN5O5. The number of ether oxygens (including phenoxy) is 1. The fourth-order valence-electron chi connectivity index (χ4n) is 4.08. The number of carbonyl (C=O) groups excluding carboxylic acids is 2. The highest BCUT2D eigenvalue weighted by molar-refractivity contribution is 6.61. The summed E-state index contributed by atoms with van der Waals surface area (Å²) in [5.41, 5.74) is -0.709. The third-order valence-electron chi connectivity index (χ3n) is 6.88. The van der Waals surface area contributed by atoms with E-state index in [1.165, 1.54) is 0 Å². The molecule has 1 aromatic rings. The number of anilines is 1. The van der Waals surface area contributed by atoms with E-state index in [1.54, 1.807) is 38.1 Å². The van der Waals surface area contributed by atoms with Gasteiger partial charge in [-0.3, -0.25) is 4.79 Å². The molecule has 2 amide bonds. The van der Waals surface area contributed by atoms with Crippen molar-refractivity contribution in [1.29, 1.82) is 0 Å². The Morgan fingerprint density at radius 3 is 2.14 bits per heavy atom. The third kappa shape index (κ3) is 6.67. The number of aromatic nitrogens is 2. The molecule has 2 aliphatic rings. The minimum absolute atomic E-state index is 0.0739. The van der Waals surface area contributed by atoms with Crippen LogP contribution in [0.2, 0.25) is 0 Å². The minimum Gasteiger partial charge on any atom is -0.444 e. The lowest BCUT2D eigenvalue weighted by molar-refractivity contribution is -0.134. The Morgan fingerprint density at radius 2 is 1.61 bits per heavy atom. The molecule has 2 fully saturated rings. The molecule has 11 heteroatoms. The topological polar surface area (TPSA) is 106 Å². The number of amides is 2. The van der Waals surface area contributed by atoms with E-state index < -0.39 is 36.1 Å². The molecule has 1 aromatic heterocycles. The van der Waals surface area contributed by atoms with Crippen molar-refractivity contribution in [1.82, 2.24) is 20.2 Å². The van der Waals surface area contributed by atoms with E-state index in [1.807, 2.05) is 41.5 Å². The van der Waals surface area contributed by atoms with Crippen molar-refractivity contribution in [3.05, 3.63) is 12.4 Å². The summed E-state index contributed by atoms with van der Waals surface area (Å²) in [5.74, 6) is 0.432. The quantitative estimate of drug-likeness (QED) is 0.611. The minimum atomic E-state index is -0.651. The Bertz CT molecular complexity index is 916. The fraction of sp³-hybridized carbons (Fsp3) is 0.760. The second kappa shape index (κ2) is 10.5. The number of hydrogen-bond donors (Lipinski definition) is 1. The lowest BCUT2D eigenvalue weighted by Crippen LogP contribution is -2.52. The summed E-state index contributed by atoms with van der Waals surface area (Å²) in [6.07, 6.45) is 3.68. The van der Waals surface area contributed by atoms with Crippen LogP contribution in [0.3, 0.4) is 0 Å². The molecule has 0 spiro atoms. The molecule has 3 heterocycles. The highest BCUT2D eigenvalue weighted by atomic mass is 16.7. The monoisotopic (exact) mass is 503 g/mol. The van der Waals surface area contributed by atoms with Crippen LogP contribution < -0.4 is 15.7 Å². The Morgan fingerprint density at radius 1 is 1.03 bits per heavy atom. The van der Waals surface area contributed by atoms with Gasteiger partial charge >= 0.3 is 13.2 Å². The summed E-state index contributed by atoms with van der Waals surface area (Å²) in [5, 5.41) is 2.76. The summed E-state index contributed by atoms with van der Waals surface area (Å²) >= 11 is 0. The normalized spacial score (nSPS) is 20.8. The van der Waals surface area contributed by atoms with E-state index in [9.17, 15) is 9.59 Å². The maximum Gasteiger partial charge on any atom is 0.498 e. The van der Waals surface area contributed by atoms with Gasteiger partial charge in [-0.25, -0.2) is 14.8 Å². The van der Waals surface area contributed by atoms with Crippen LogP contribution in [0.15, 0.2) is 12.4 Å². The van der Waals surface area contributed by atoms with Crippen LogP contribution in [-0.4, -0.2) is 83.0 Å². The number of carbonyl (C=O) groups is 2. The van der Waals surface area contributed by atoms with Crippen molar-refractivity contribution in [2.45, 2.75) is 91.6 Å². The van der Waals surface area contributed by atoms with Crippen molar-refractivity contribution in [3.63, 3.8) is 0 Å². The van der Waals surface area contributed by atoms with Crippen LogP contribution in [-0.2, 0) is 18.8 Å². The SMILES string of the molecule is CC(C)[C@H](NC(=O)OC(C)(C)C)C(=O)N1CCCN(c2ncc(B3OC(C)(C)C(C)(C)O3)cn2)CC1. The molecule has 2 aliphatic heterocycles. The van der Waals surface area contributed by atoms with Gasteiger partial charge in [-0.2, -0.15) is 0 Å². The zero-order chi connectivity index (χ0) is 26.9. The molecule has 1 atom stereocenters. The molecule has 0 aliphatic carbocycles. The first kappa shape index (κ1) is 28.2. The van der Waals surface area contributed by atoms with Crippen molar-refractivity contribution in [2.24, 2.45) is 5.92 Å². The van der Waals surface area contributed by atoms with E-state index in [2.05, 4.69) is 20.2 Å². The van der Waals surface area contributed by atoms with Gasteiger partial charge < -0.3 is 29.2 Å². The molecule has 0 bridgehead atoms.